The standard InChI is InChI=1S/C29H60OSi/c1-7-8-9-10-11-12-13-14-15-16-17-18-19-20-21-22-23-24-25-26-27-28-30-31(5,6)29(2,3)4/h14-15H,7-13,16-28H2,1-6H3/b15-14-. The van der Waals surface area contributed by atoms with E-state index in [0.717, 1.165) is 6.61 Å². The van der Waals surface area contributed by atoms with Gasteiger partial charge in [0.15, 0.2) is 8.32 Å². The smallest absolute Gasteiger partial charge is 0.191 e. The molecule has 186 valence electrons. The number of unbranched alkanes of at least 4 members (excludes halogenated alkanes) is 17. The Morgan fingerprint density at radius 1 is 0.548 bits per heavy atom. The number of hydrogen-bond donors (Lipinski definition) is 0. The van der Waals surface area contributed by atoms with Crippen LogP contribution in [0.3, 0.4) is 0 Å². The van der Waals surface area contributed by atoms with Gasteiger partial charge in [-0.2, -0.15) is 0 Å². The molecule has 0 bridgehead atoms. The molecule has 0 rings (SSSR count). The van der Waals surface area contributed by atoms with Crippen LogP contribution in [0.5, 0.6) is 0 Å². The number of allylic oxidation sites excluding steroid dienone is 2. The molecule has 0 atom stereocenters. The van der Waals surface area contributed by atoms with Crippen molar-refractivity contribution in [3.63, 3.8) is 0 Å². The minimum absolute atomic E-state index is 0.344. The van der Waals surface area contributed by atoms with Gasteiger partial charge in [-0.05, 0) is 50.2 Å². The fourth-order valence-electron chi connectivity index (χ4n) is 3.78. The molecule has 0 aromatic heterocycles. The van der Waals surface area contributed by atoms with E-state index < -0.39 is 8.32 Å². The van der Waals surface area contributed by atoms with Crippen molar-refractivity contribution >= 4 is 8.32 Å². The van der Waals surface area contributed by atoms with E-state index >= 15 is 0 Å². The summed E-state index contributed by atoms with van der Waals surface area (Å²) in [6, 6.07) is 0. The van der Waals surface area contributed by atoms with E-state index in [2.05, 4.69) is 52.9 Å². The second kappa shape index (κ2) is 20.5. The van der Waals surface area contributed by atoms with Crippen LogP contribution in [-0.4, -0.2) is 14.9 Å². The Hall–Kier alpha value is -0.0831. The van der Waals surface area contributed by atoms with E-state index in [1.165, 1.54) is 122 Å². The quantitative estimate of drug-likeness (QED) is 0.0901. The predicted molar refractivity (Wildman–Crippen MR) is 146 cm³/mol. The highest BCUT2D eigenvalue weighted by Crippen LogP contribution is 2.36. The van der Waals surface area contributed by atoms with Crippen LogP contribution < -0.4 is 0 Å². The lowest BCUT2D eigenvalue weighted by atomic mass is 10.0. The summed E-state index contributed by atoms with van der Waals surface area (Å²) in [6.45, 7) is 15.0. The van der Waals surface area contributed by atoms with Gasteiger partial charge in [0.1, 0.15) is 0 Å². The predicted octanol–water partition coefficient (Wildman–Crippen LogP) is 11.0. The molecule has 31 heavy (non-hydrogen) atoms. The first kappa shape index (κ1) is 30.9. The summed E-state index contributed by atoms with van der Waals surface area (Å²) in [5.41, 5.74) is 0. The molecule has 0 saturated carbocycles. The van der Waals surface area contributed by atoms with Crippen LogP contribution in [0.15, 0.2) is 12.2 Å². The Labute approximate surface area is 199 Å². The Bertz CT molecular complexity index is 394. The molecular weight excluding hydrogens is 392 g/mol. The molecule has 0 aromatic rings. The van der Waals surface area contributed by atoms with Crippen LogP contribution >= 0.6 is 0 Å². The number of rotatable bonds is 22. The lowest BCUT2D eigenvalue weighted by Crippen LogP contribution is -2.40. The van der Waals surface area contributed by atoms with Crippen molar-refractivity contribution < 1.29 is 4.43 Å². The third-order valence-electron chi connectivity index (χ3n) is 7.18. The highest BCUT2D eigenvalue weighted by atomic mass is 28.4. The second-order valence-corrected chi connectivity index (χ2v) is 16.1. The summed E-state index contributed by atoms with van der Waals surface area (Å²) in [7, 11) is -1.52. The normalized spacial score (nSPS) is 12.8. The van der Waals surface area contributed by atoms with Crippen LogP contribution in [0.4, 0.5) is 0 Å². The molecule has 1 nitrogen and oxygen atoms in total. The zero-order chi connectivity index (χ0) is 23.3. The molecule has 0 fully saturated rings. The molecule has 0 unspecified atom stereocenters. The summed E-state index contributed by atoms with van der Waals surface area (Å²) in [6.07, 6.45) is 31.4. The number of hydrogen-bond acceptors (Lipinski definition) is 1. The molecule has 2 heteroatoms. The van der Waals surface area contributed by atoms with Crippen molar-refractivity contribution in [2.45, 2.75) is 168 Å². The van der Waals surface area contributed by atoms with E-state index in [9.17, 15) is 0 Å². The first-order valence-corrected chi connectivity index (χ1v) is 17.0. The largest absolute Gasteiger partial charge is 0.417 e. The Balaban J connectivity index is 3.23. The van der Waals surface area contributed by atoms with Crippen LogP contribution in [0, 0.1) is 0 Å². The van der Waals surface area contributed by atoms with E-state index in [0.29, 0.717) is 5.04 Å². The maximum atomic E-state index is 6.27. The van der Waals surface area contributed by atoms with Gasteiger partial charge in [0.2, 0.25) is 0 Å². The summed E-state index contributed by atoms with van der Waals surface area (Å²) >= 11 is 0. The van der Waals surface area contributed by atoms with Crippen LogP contribution in [0.1, 0.15) is 150 Å². The van der Waals surface area contributed by atoms with Crippen LogP contribution in [0.25, 0.3) is 0 Å². The van der Waals surface area contributed by atoms with Crippen molar-refractivity contribution in [1.82, 2.24) is 0 Å². The Kier molecular flexibility index (Phi) is 20.5. The summed E-state index contributed by atoms with van der Waals surface area (Å²) in [4.78, 5) is 0. The van der Waals surface area contributed by atoms with Gasteiger partial charge in [-0.25, -0.2) is 0 Å². The van der Waals surface area contributed by atoms with Crippen molar-refractivity contribution in [3.05, 3.63) is 12.2 Å². The third kappa shape index (κ3) is 20.3. The Morgan fingerprint density at radius 3 is 1.29 bits per heavy atom. The molecule has 0 N–H and O–H groups in total. The SMILES string of the molecule is CCCCCCCC/C=C\CCCCCCCCCCCCCO[Si](C)(C)C(C)(C)C. The zero-order valence-corrected chi connectivity index (χ0v) is 23.7. The minimum Gasteiger partial charge on any atom is -0.417 e. The average molecular weight is 453 g/mol. The fourth-order valence-corrected chi connectivity index (χ4v) is 4.86. The summed E-state index contributed by atoms with van der Waals surface area (Å²) < 4.78 is 6.27. The van der Waals surface area contributed by atoms with Crippen molar-refractivity contribution in [3.8, 4) is 0 Å². The molecule has 0 aliphatic rings. The minimum atomic E-state index is -1.52. The molecule has 0 heterocycles. The topological polar surface area (TPSA) is 9.23 Å². The summed E-state index contributed by atoms with van der Waals surface area (Å²) in [5.74, 6) is 0. The van der Waals surface area contributed by atoms with Crippen molar-refractivity contribution in [2.24, 2.45) is 0 Å². The maximum absolute atomic E-state index is 6.27. The molecule has 0 radical (unpaired) electrons. The van der Waals surface area contributed by atoms with E-state index in [1.54, 1.807) is 0 Å². The van der Waals surface area contributed by atoms with Crippen molar-refractivity contribution in [2.75, 3.05) is 6.61 Å². The monoisotopic (exact) mass is 452 g/mol. The van der Waals surface area contributed by atoms with Gasteiger partial charge in [-0.1, -0.05) is 130 Å². The van der Waals surface area contributed by atoms with Gasteiger partial charge < -0.3 is 4.43 Å². The molecule has 0 spiro atoms. The van der Waals surface area contributed by atoms with Gasteiger partial charge in [-0.15, -0.1) is 0 Å². The third-order valence-corrected chi connectivity index (χ3v) is 11.7. The molecule has 0 amide bonds. The van der Waals surface area contributed by atoms with Gasteiger partial charge in [0, 0.05) is 6.61 Å². The average Bonchev–Trinajstić information content (AvgIpc) is 2.71. The zero-order valence-electron chi connectivity index (χ0n) is 22.7. The lowest BCUT2D eigenvalue weighted by molar-refractivity contribution is 0.277. The van der Waals surface area contributed by atoms with Gasteiger partial charge >= 0.3 is 0 Å². The van der Waals surface area contributed by atoms with Gasteiger partial charge in [0.05, 0.1) is 0 Å². The fraction of sp³-hybridized carbons (Fsp3) is 0.931. The van der Waals surface area contributed by atoms with Crippen LogP contribution in [0.2, 0.25) is 18.1 Å². The van der Waals surface area contributed by atoms with E-state index in [4.69, 9.17) is 4.43 Å². The molecule has 0 aliphatic carbocycles. The lowest BCUT2D eigenvalue weighted by Gasteiger charge is -2.36. The first-order valence-electron chi connectivity index (χ1n) is 14.1. The van der Waals surface area contributed by atoms with Gasteiger partial charge in [-0.3, -0.25) is 0 Å². The van der Waals surface area contributed by atoms with E-state index in [1.807, 2.05) is 0 Å². The first-order chi connectivity index (χ1) is 14.8. The molecule has 0 aromatic carbocycles. The maximum Gasteiger partial charge on any atom is 0.191 e. The molecular formula is C29H60OSi. The highest BCUT2D eigenvalue weighted by molar-refractivity contribution is 6.74. The highest BCUT2D eigenvalue weighted by Gasteiger charge is 2.36. The Morgan fingerprint density at radius 2 is 0.903 bits per heavy atom. The van der Waals surface area contributed by atoms with Crippen molar-refractivity contribution in [1.29, 1.82) is 0 Å². The summed E-state index contributed by atoms with van der Waals surface area (Å²) in [5, 5.41) is 0.344. The van der Waals surface area contributed by atoms with Gasteiger partial charge in [0.25, 0.3) is 0 Å². The second-order valence-electron chi connectivity index (χ2n) is 11.3. The van der Waals surface area contributed by atoms with E-state index in [-0.39, 0.29) is 0 Å². The van der Waals surface area contributed by atoms with Crippen LogP contribution in [-0.2, 0) is 4.43 Å². The molecule has 0 saturated heterocycles. The molecule has 0 aliphatic heterocycles.